The molecule has 0 unspecified atom stereocenters. The predicted molar refractivity (Wildman–Crippen MR) is 110 cm³/mol. The number of nitrogens with one attached hydrogen (secondary N) is 1. The maximum atomic E-state index is 12.4. The molecule has 1 aliphatic rings. The van der Waals surface area contributed by atoms with Crippen LogP contribution in [0.3, 0.4) is 0 Å². The van der Waals surface area contributed by atoms with E-state index in [9.17, 15) is 14.4 Å². The van der Waals surface area contributed by atoms with E-state index in [0.29, 0.717) is 5.69 Å². The number of hydrogen-bond acceptors (Lipinski definition) is 4. The quantitative estimate of drug-likeness (QED) is 0.714. The molecule has 3 rings (SSSR count). The van der Waals surface area contributed by atoms with Crippen molar-refractivity contribution in [2.24, 2.45) is 5.92 Å². The molecule has 2 amide bonds. The molecule has 1 heterocycles. The van der Waals surface area contributed by atoms with Crippen molar-refractivity contribution in [3.05, 3.63) is 58.1 Å². The third-order valence-electron chi connectivity index (χ3n) is 4.59. The SMILES string of the molecule is Cc1ccc(C)c(N2C[C@H](C(=O)OCC(=O)Nc3ccc(Br)cc3)CC2=O)c1. The van der Waals surface area contributed by atoms with Gasteiger partial charge in [0.25, 0.3) is 5.91 Å². The lowest BCUT2D eigenvalue weighted by atomic mass is 10.1. The summed E-state index contributed by atoms with van der Waals surface area (Å²) in [6, 6.07) is 12.9. The number of esters is 1. The molecule has 1 fully saturated rings. The van der Waals surface area contributed by atoms with Gasteiger partial charge >= 0.3 is 5.97 Å². The van der Waals surface area contributed by atoms with Crippen LogP contribution >= 0.6 is 15.9 Å². The molecular formula is C21H21BrN2O4. The molecule has 2 aromatic carbocycles. The average Bonchev–Trinajstić information content (AvgIpc) is 3.05. The fourth-order valence-corrected chi connectivity index (χ4v) is 3.36. The summed E-state index contributed by atoms with van der Waals surface area (Å²) in [4.78, 5) is 38.3. The second-order valence-corrected chi connectivity index (χ2v) is 7.77. The zero-order valence-electron chi connectivity index (χ0n) is 15.7. The maximum Gasteiger partial charge on any atom is 0.311 e. The van der Waals surface area contributed by atoms with Crippen molar-refractivity contribution in [1.82, 2.24) is 0 Å². The van der Waals surface area contributed by atoms with Gasteiger partial charge in [-0.25, -0.2) is 0 Å². The number of carbonyl (C=O) groups is 3. The predicted octanol–water partition coefficient (Wildman–Crippen LogP) is 3.60. The second-order valence-electron chi connectivity index (χ2n) is 6.86. The molecule has 0 bridgehead atoms. The minimum absolute atomic E-state index is 0.0839. The summed E-state index contributed by atoms with van der Waals surface area (Å²) in [5, 5.41) is 2.66. The summed E-state index contributed by atoms with van der Waals surface area (Å²) in [6.07, 6.45) is 0.0839. The number of benzene rings is 2. The lowest BCUT2D eigenvalue weighted by Gasteiger charge is -2.19. The number of hydrogen-bond donors (Lipinski definition) is 1. The van der Waals surface area contributed by atoms with E-state index in [-0.39, 0.29) is 25.5 Å². The van der Waals surface area contributed by atoms with Crippen molar-refractivity contribution in [1.29, 1.82) is 0 Å². The highest BCUT2D eigenvalue weighted by molar-refractivity contribution is 9.10. The van der Waals surface area contributed by atoms with E-state index in [0.717, 1.165) is 21.3 Å². The van der Waals surface area contributed by atoms with Crippen molar-refractivity contribution in [3.63, 3.8) is 0 Å². The Morgan fingerprint density at radius 1 is 1.18 bits per heavy atom. The van der Waals surface area contributed by atoms with Crippen molar-refractivity contribution < 1.29 is 19.1 Å². The van der Waals surface area contributed by atoms with E-state index < -0.39 is 17.8 Å². The van der Waals surface area contributed by atoms with Gasteiger partial charge in [-0.05, 0) is 55.3 Å². The molecule has 0 radical (unpaired) electrons. The lowest BCUT2D eigenvalue weighted by molar-refractivity contribution is -0.151. The zero-order chi connectivity index (χ0) is 20.3. The summed E-state index contributed by atoms with van der Waals surface area (Å²) in [7, 11) is 0. The number of anilines is 2. The first-order valence-electron chi connectivity index (χ1n) is 8.93. The molecule has 2 aromatic rings. The fourth-order valence-electron chi connectivity index (χ4n) is 3.09. The van der Waals surface area contributed by atoms with E-state index in [1.807, 2.05) is 32.0 Å². The Labute approximate surface area is 172 Å². The van der Waals surface area contributed by atoms with Crippen LogP contribution in [0.15, 0.2) is 46.9 Å². The molecule has 0 spiro atoms. The van der Waals surface area contributed by atoms with E-state index in [2.05, 4.69) is 21.2 Å². The highest BCUT2D eigenvalue weighted by Crippen LogP contribution is 2.29. The van der Waals surface area contributed by atoms with Crippen LogP contribution in [0.2, 0.25) is 0 Å². The first kappa shape index (κ1) is 20.1. The molecule has 28 heavy (non-hydrogen) atoms. The summed E-state index contributed by atoms with van der Waals surface area (Å²) < 4.78 is 6.03. The largest absolute Gasteiger partial charge is 0.455 e. The van der Waals surface area contributed by atoms with E-state index in [1.165, 1.54) is 0 Å². The molecule has 146 valence electrons. The molecule has 0 aliphatic carbocycles. The van der Waals surface area contributed by atoms with Gasteiger partial charge in [0.1, 0.15) is 0 Å². The van der Waals surface area contributed by atoms with Crippen LogP contribution < -0.4 is 10.2 Å². The van der Waals surface area contributed by atoms with E-state index in [1.54, 1.807) is 29.2 Å². The third kappa shape index (κ3) is 4.78. The van der Waals surface area contributed by atoms with Crippen LogP contribution in [0.4, 0.5) is 11.4 Å². The Morgan fingerprint density at radius 2 is 1.89 bits per heavy atom. The monoisotopic (exact) mass is 444 g/mol. The molecule has 7 heteroatoms. The number of carbonyl (C=O) groups excluding carboxylic acids is 3. The van der Waals surface area contributed by atoms with Gasteiger partial charge in [0, 0.05) is 28.8 Å². The first-order valence-corrected chi connectivity index (χ1v) is 9.72. The first-order chi connectivity index (χ1) is 13.3. The van der Waals surface area contributed by atoms with Crippen molar-refractivity contribution >= 4 is 45.1 Å². The third-order valence-corrected chi connectivity index (χ3v) is 5.12. The molecule has 0 aromatic heterocycles. The Hall–Kier alpha value is -2.67. The number of rotatable bonds is 5. The summed E-state index contributed by atoms with van der Waals surface area (Å²) in [5.41, 5.74) is 3.44. The molecular weight excluding hydrogens is 424 g/mol. The van der Waals surface area contributed by atoms with Gasteiger partial charge in [-0.3, -0.25) is 14.4 Å². The Morgan fingerprint density at radius 3 is 2.61 bits per heavy atom. The highest BCUT2D eigenvalue weighted by Gasteiger charge is 2.36. The molecule has 0 saturated carbocycles. The Balaban J connectivity index is 1.55. The van der Waals surface area contributed by atoms with Crippen molar-refractivity contribution in [3.8, 4) is 0 Å². The van der Waals surface area contributed by atoms with Crippen LogP contribution in [0.1, 0.15) is 17.5 Å². The number of ether oxygens (including phenoxy) is 1. The van der Waals surface area contributed by atoms with E-state index >= 15 is 0 Å². The van der Waals surface area contributed by atoms with Gasteiger partial charge in [0.05, 0.1) is 5.92 Å². The normalized spacial score (nSPS) is 16.2. The van der Waals surface area contributed by atoms with Gasteiger partial charge in [-0.15, -0.1) is 0 Å². The van der Waals surface area contributed by atoms with Gasteiger partial charge in [-0.1, -0.05) is 28.1 Å². The van der Waals surface area contributed by atoms with Crippen molar-refractivity contribution in [2.75, 3.05) is 23.4 Å². The van der Waals surface area contributed by atoms with Gasteiger partial charge in [-0.2, -0.15) is 0 Å². The fraction of sp³-hybridized carbons (Fsp3) is 0.286. The molecule has 1 N–H and O–H groups in total. The maximum absolute atomic E-state index is 12.4. The number of nitrogens with zero attached hydrogens (tertiary/aromatic N) is 1. The number of aryl methyl sites for hydroxylation is 2. The summed E-state index contributed by atoms with van der Waals surface area (Å²) in [6.45, 7) is 3.76. The zero-order valence-corrected chi connectivity index (χ0v) is 17.3. The number of halogens is 1. The minimum Gasteiger partial charge on any atom is -0.455 e. The second kappa shape index (κ2) is 8.56. The molecule has 1 saturated heterocycles. The van der Waals surface area contributed by atoms with Gasteiger partial charge in [0.2, 0.25) is 5.91 Å². The standard InChI is InChI=1S/C21H21BrN2O4/c1-13-3-4-14(2)18(9-13)24-11-15(10-20(24)26)21(27)28-12-19(25)23-17-7-5-16(22)6-8-17/h3-9,15H,10-12H2,1-2H3,(H,23,25)/t15-/m1/s1. The van der Waals surface area contributed by atoms with E-state index in [4.69, 9.17) is 4.74 Å². The smallest absolute Gasteiger partial charge is 0.311 e. The van der Waals surface area contributed by atoms with Crippen LogP contribution in [-0.2, 0) is 19.1 Å². The van der Waals surface area contributed by atoms with Gasteiger partial charge in [0.15, 0.2) is 6.61 Å². The lowest BCUT2D eigenvalue weighted by Crippen LogP contribution is -2.28. The minimum atomic E-state index is -0.576. The van der Waals surface area contributed by atoms with Crippen molar-refractivity contribution in [2.45, 2.75) is 20.3 Å². The number of amides is 2. The topological polar surface area (TPSA) is 75.7 Å². The summed E-state index contributed by atoms with van der Waals surface area (Å²) in [5.74, 6) is -1.65. The van der Waals surface area contributed by atoms with Crippen LogP contribution in [0.25, 0.3) is 0 Å². The molecule has 1 aliphatic heterocycles. The average molecular weight is 445 g/mol. The van der Waals surface area contributed by atoms with Gasteiger partial charge < -0.3 is 15.0 Å². The Bertz CT molecular complexity index is 911. The van der Waals surface area contributed by atoms with Crippen LogP contribution in [0, 0.1) is 19.8 Å². The Kier molecular flexibility index (Phi) is 6.14. The highest BCUT2D eigenvalue weighted by atomic mass is 79.9. The molecule has 6 nitrogen and oxygen atoms in total. The van der Waals surface area contributed by atoms with Crippen LogP contribution in [0.5, 0.6) is 0 Å². The summed E-state index contributed by atoms with van der Waals surface area (Å²) >= 11 is 3.32. The van der Waals surface area contributed by atoms with Crippen LogP contribution in [-0.4, -0.2) is 30.9 Å². The molecule has 1 atom stereocenters.